The zero-order valence-electron chi connectivity index (χ0n) is 20.6. The van der Waals surface area contributed by atoms with Gasteiger partial charge in [0.2, 0.25) is 5.91 Å². The average molecular weight is 508 g/mol. The summed E-state index contributed by atoms with van der Waals surface area (Å²) in [6, 6.07) is 5.30. The second kappa shape index (κ2) is 10.9. The monoisotopic (exact) mass is 507 g/mol. The minimum absolute atomic E-state index is 0.267. The van der Waals surface area contributed by atoms with E-state index in [1.54, 1.807) is 17.0 Å². The van der Waals surface area contributed by atoms with Gasteiger partial charge in [0.1, 0.15) is 0 Å². The third kappa shape index (κ3) is 6.16. The van der Waals surface area contributed by atoms with E-state index in [4.69, 9.17) is 0 Å². The van der Waals surface area contributed by atoms with E-state index in [2.05, 4.69) is 32.0 Å². The molecule has 0 bridgehead atoms. The van der Waals surface area contributed by atoms with Crippen LogP contribution in [0.3, 0.4) is 0 Å². The summed E-state index contributed by atoms with van der Waals surface area (Å²) in [6.07, 6.45) is -2.89. The van der Waals surface area contributed by atoms with Crippen LogP contribution in [0.25, 0.3) is 0 Å². The summed E-state index contributed by atoms with van der Waals surface area (Å²) < 4.78 is 41.6. The number of aromatic nitrogens is 2. The van der Waals surface area contributed by atoms with E-state index in [1.807, 2.05) is 0 Å². The zero-order chi connectivity index (χ0) is 25.9. The second-order valence-corrected chi connectivity index (χ2v) is 9.14. The number of halogens is 3. The van der Waals surface area contributed by atoms with Gasteiger partial charge in [-0.25, -0.2) is 4.79 Å². The number of amides is 2. The molecule has 0 atom stereocenters. The summed E-state index contributed by atoms with van der Waals surface area (Å²) in [5.74, 6) is 0.0419. The minimum atomic E-state index is -4.39. The van der Waals surface area contributed by atoms with Crippen LogP contribution in [0.2, 0.25) is 0 Å². The van der Waals surface area contributed by atoms with Gasteiger partial charge in [-0.1, -0.05) is 13.0 Å². The molecule has 1 aromatic heterocycles. The Labute approximate surface area is 208 Å². The molecule has 0 saturated carbocycles. The van der Waals surface area contributed by atoms with E-state index in [0.29, 0.717) is 57.3 Å². The van der Waals surface area contributed by atoms with Crippen LogP contribution in [0.5, 0.6) is 0 Å². The van der Waals surface area contributed by atoms with Crippen molar-refractivity contribution >= 4 is 23.4 Å². The van der Waals surface area contributed by atoms with Gasteiger partial charge in [0.15, 0.2) is 5.82 Å². The largest absolute Gasteiger partial charge is 0.416 e. The number of alkyl halides is 3. The number of hydrogen-bond acceptors (Lipinski definition) is 6. The fraction of sp³-hybridized carbons (Fsp3) is 0.542. The standard InChI is InChI=1S/C24H32F3N7O2/c1-3-30-8-12-32(13-9-30)21-16-20(24(25,26)27)5-4-19(21)17-31-10-14-33(15-11-31)23(36)34-7-6-22(29-34)28-18(2)35/h4-7,16H,3,8-15,17H2,1-2H3,(H,28,29,35). The molecule has 0 spiro atoms. The van der Waals surface area contributed by atoms with E-state index in [9.17, 15) is 22.8 Å². The molecule has 36 heavy (non-hydrogen) atoms. The molecule has 2 aromatic rings. The number of hydrogen-bond donors (Lipinski definition) is 1. The molecule has 196 valence electrons. The lowest BCUT2D eigenvalue weighted by Crippen LogP contribution is -2.50. The van der Waals surface area contributed by atoms with Crippen LogP contribution in [0.4, 0.5) is 29.5 Å². The Hall–Kier alpha value is -3.12. The number of likely N-dealkylation sites (N-methyl/N-ethyl adjacent to an activating group) is 1. The number of piperazine rings is 2. The van der Waals surface area contributed by atoms with Crippen LogP contribution in [-0.2, 0) is 17.5 Å². The molecule has 0 aliphatic carbocycles. The summed E-state index contributed by atoms with van der Waals surface area (Å²) in [5, 5.41) is 6.64. The molecule has 2 saturated heterocycles. The molecular weight excluding hydrogens is 475 g/mol. The summed E-state index contributed by atoms with van der Waals surface area (Å²) in [6.45, 7) is 10.1. The first-order valence-electron chi connectivity index (χ1n) is 12.2. The van der Waals surface area contributed by atoms with Gasteiger partial charge < -0.3 is 20.0 Å². The van der Waals surface area contributed by atoms with Crippen LogP contribution in [0, 0.1) is 0 Å². The highest BCUT2D eigenvalue weighted by atomic mass is 19.4. The maximum absolute atomic E-state index is 13.5. The smallest absolute Gasteiger partial charge is 0.369 e. The van der Waals surface area contributed by atoms with E-state index in [1.165, 1.54) is 23.9 Å². The number of nitrogens with one attached hydrogen (secondary N) is 1. The third-order valence-corrected chi connectivity index (χ3v) is 6.70. The average Bonchev–Trinajstić information content (AvgIpc) is 3.31. The van der Waals surface area contributed by atoms with Gasteiger partial charge in [0.05, 0.1) is 5.56 Å². The Morgan fingerprint density at radius 1 is 0.972 bits per heavy atom. The van der Waals surface area contributed by atoms with Crippen molar-refractivity contribution < 1.29 is 22.8 Å². The van der Waals surface area contributed by atoms with Crippen molar-refractivity contribution in [1.29, 1.82) is 0 Å². The van der Waals surface area contributed by atoms with Crippen molar-refractivity contribution in [2.45, 2.75) is 26.6 Å². The van der Waals surface area contributed by atoms with E-state index >= 15 is 0 Å². The molecule has 12 heteroatoms. The predicted octanol–water partition coefficient (Wildman–Crippen LogP) is 2.79. The van der Waals surface area contributed by atoms with E-state index < -0.39 is 11.7 Å². The second-order valence-electron chi connectivity index (χ2n) is 9.14. The van der Waals surface area contributed by atoms with Crippen molar-refractivity contribution in [2.75, 3.05) is 69.1 Å². The van der Waals surface area contributed by atoms with Gasteiger partial charge in [-0.2, -0.15) is 17.9 Å². The van der Waals surface area contributed by atoms with Gasteiger partial charge in [-0.3, -0.25) is 9.69 Å². The maximum atomic E-state index is 13.5. The highest BCUT2D eigenvalue weighted by Crippen LogP contribution is 2.34. The zero-order valence-corrected chi connectivity index (χ0v) is 20.6. The molecular formula is C24H32F3N7O2. The van der Waals surface area contributed by atoms with Gasteiger partial charge in [-0.05, 0) is 24.2 Å². The number of rotatable bonds is 5. The number of anilines is 2. The molecule has 2 fully saturated rings. The summed E-state index contributed by atoms with van der Waals surface area (Å²) in [4.78, 5) is 32.1. The van der Waals surface area contributed by atoms with Gasteiger partial charge in [-0.15, -0.1) is 5.10 Å². The summed E-state index contributed by atoms with van der Waals surface area (Å²) in [5.41, 5.74) is 0.869. The number of benzene rings is 1. The predicted molar refractivity (Wildman–Crippen MR) is 130 cm³/mol. The lowest BCUT2D eigenvalue weighted by molar-refractivity contribution is -0.137. The van der Waals surface area contributed by atoms with E-state index in [0.717, 1.165) is 31.3 Å². The maximum Gasteiger partial charge on any atom is 0.416 e. The SMILES string of the molecule is CCN1CCN(c2cc(C(F)(F)F)ccc2CN2CCN(C(=O)n3ccc(NC(C)=O)n3)CC2)CC1. The van der Waals surface area contributed by atoms with Gasteiger partial charge >= 0.3 is 12.2 Å². The van der Waals surface area contributed by atoms with Crippen LogP contribution < -0.4 is 10.2 Å². The quantitative estimate of drug-likeness (QED) is 0.671. The van der Waals surface area contributed by atoms with Crippen molar-refractivity contribution in [3.05, 3.63) is 41.6 Å². The first kappa shape index (κ1) is 26.0. The Bertz CT molecular complexity index is 1070. The molecule has 2 aliphatic rings. The van der Waals surface area contributed by atoms with Crippen molar-refractivity contribution in [3.8, 4) is 0 Å². The Kier molecular flexibility index (Phi) is 7.84. The molecule has 4 rings (SSSR count). The van der Waals surface area contributed by atoms with Crippen molar-refractivity contribution in [1.82, 2.24) is 24.5 Å². The molecule has 1 aromatic carbocycles. The number of nitrogens with zero attached hydrogens (tertiary/aromatic N) is 6. The molecule has 0 radical (unpaired) electrons. The first-order valence-corrected chi connectivity index (χ1v) is 12.2. The molecule has 3 heterocycles. The highest BCUT2D eigenvalue weighted by Gasteiger charge is 2.32. The van der Waals surface area contributed by atoms with Gasteiger partial charge in [0, 0.05) is 83.8 Å². The molecule has 1 N–H and O–H groups in total. The summed E-state index contributed by atoms with van der Waals surface area (Å²) in [7, 11) is 0. The van der Waals surface area contributed by atoms with Crippen LogP contribution in [-0.4, -0.2) is 95.3 Å². The lowest BCUT2D eigenvalue weighted by atomic mass is 10.1. The molecule has 2 amide bonds. The van der Waals surface area contributed by atoms with Crippen LogP contribution in [0.1, 0.15) is 25.0 Å². The van der Waals surface area contributed by atoms with E-state index in [-0.39, 0.29) is 11.9 Å². The van der Waals surface area contributed by atoms with Crippen molar-refractivity contribution in [2.24, 2.45) is 0 Å². The Balaban J connectivity index is 1.41. The van der Waals surface area contributed by atoms with Gasteiger partial charge in [0.25, 0.3) is 0 Å². The lowest BCUT2D eigenvalue weighted by Gasteiger charge is -2.38. The Morgan fingerprint density at radius 2 is 1.64 bits per heavy atom. The van der Waals surface area contributed by atoms with Crippen LogP contribution in [0.15, 0.2) is 30.5 Å². The summed E-state index contributed by atoms with van der Waals surface area (Å²) >= 11 is 0. The fourth-order valence-corrected chi connectivity index (χ4v) is 4.63. The molecule has 9 nitrogen and oxygen atoms in total. The molecule has 2 aliphatic heterocycles. The normalized spacial score (nSPS) is 17.9. The van der Waals surface area contributed by atoms with Crippen LogP contribution >= 0.6 is 0 Å². The fourth-order valence-electron chi connectivity index (χ4n) is 4.63. The van der Waals surface area contributed by atoms with Crippen molar-refractivity contribution in [3.63, 3.8) is 0 Å². The first-order chi connectivity index (χ1) is 17.1. The Morgan fingerprint density at radius 3 is 2.25 bits per heavy atom. The third-order valence-electron chi connectivity index (χ3n) is 6.70. The molecule has 0 unspecified atom stereocenters. The minimum Gasteiger partial charge on any atom is -0.369 e. The highest BCUT2D eigenvalue weighted by molar-refractivity contribution is 5.88. The number of carbonyl (C=O) groups excluding carboxylic acids is 2. The topological polar surface area (TPSA) is 77.0 Å². The number of carbonyl (C=O) groups is 2.